The zero-order chi connectivity index (χ0) is 14.4. The maximum Gasteiger partial charge on any atom is 0.0210 e. The van der Waals surface area contributed by atoms with E-state index in [0.717, 1.165) is 11.8 Å². The van der Waals surface area contributed by atoms with Crippen LogP contribution in [0.3, 0.4) is 0 Å². The fraction of sp³-hybridized carbons (Fsp3) is 0.667. The third kappa shape index (κ3) is 5.88. The molecule has 2 rings (SSSR count). The average Bonchev–Trinajstić information content (AvgIpc) is 2.65. The molecule has 0 bridgehead atoms. The van der Waals surface area contributed by atoms with Gasteiger partial charge in [-0.05, 0) is 51.3 Å². The van der Waals surface area contributed by atoms with Gasteiger partial charge in [0.2, 0.25) is 0 Å². The molecule has 1 aromatic rings. The molecular formula is C18H29NS. The van der Waals surface area contributed by atoms with Crippen LogP contribution in [-0.4, -0.2) is 10.8 Å². The van der Waals surface area contributed by atoms with E-state index in [1.165, 1.54) is 49.0 Å². The standard InChI is InChI=1S/C18H29NS/c1-18(2,3)19-14-15-9-8-12-17(13-15)20-16-10-6-4-5-7-11-16/h8-9,12-13,16,19H,4-7,10-11,14H2,1-3H3. The zero-order valence-corrected chi connectivity index (χ0v) is 14.1. The number of nitrogens with one attached hydrogen (secondary N) is 1. The van der Waals surface area contributed by atoms with Gasteiger partial charge in [0.15, 0.2) is 0 Å². The Morgan fingerprint density at radius 3 is 2.45 bits per heavy atom. The third-order valence-electron chi connectivity index (χ3n) is 3.83. The van der Waals surface area contributed by atoms with Crippen LogP contribution in [0.15, 0.2) is 29.2 Å². The molecule has 1 N–H and O–H groups in total. The van der Waals surface area contributed by atoms with Gasteiger partial charge in [-0.2, -0.15) is 0 Å². The summed E-state index contributed by atoms with van der Waals surface area (Å²) in [7, 11) is 0. The number of hydrogen-bond donors (Lipinski definition) is 1. The van der Waals surface area contributed by atoms with Crippen molar-refractivity contribution in [3.63, 3.8) is 0 Å². The summed E-state index contributed by atoms with van der Waals surface area (Å²) in [6.07, 6.45) is 8.51. The lowest BCUT2D eigenvalue weighted by molar-refractivity contribution is 0.424. The van der Waals surface area contributed by atoms with E-state index in [9.17, 15) is 0 Å². The minimum absolute atomic E-state index is 0.185. The van der Waals surface area contributed by atoms with Crippen LogP contribution < -0.4 is 5.32 Å². The molecule has 20 heavy (non-hydrogen) atoms. The van der Waals surface area contributed by atoms with Crippen LogP contribution in [0.4, 0.5) is 0 Å². The van der Waals surface area contributed by atoms with E-state index >= 15 is 0 Å². The minimum Gasteiger partial charge on any atom is -0.308 e. The third-order valence-corrected chi connectivity index (χ3v) is 5.16. The molecule has 0 saturated heterocycles. The Labute approximate surface area is 128 Å². The molecule has 1 aliphatic rings. The molecule has 1 nitrogen and oxygen atoms in total. The van der Waals surface area contributed by atoms with Crippen molar-refractivity contribution in [3.8, 4) is 0 Å². The quantitative estimate of drug-likeness (QED) is 0.746. The fourth-order valence-electron chi connectivity index (χ4n) is 2.65. The predicted molar refractivity (Wildman–Crippen MR) is 90.4 cm³/mol. The van der Waals surface area contributed by atoms with Crippen molar-refractivity contribution in [2.24, 2.45) is 0 Å². The normalized spacial score (nSPS) is 17.9. The van der Waals surface area contributed by atoms with E-state index < -0.39 is 0 Å². The van der Waals surface area contributed by atoms with Crippen molar-refractivity contribution in [1.29, 1.82) is 0 Å². The number of hydrogen-bond acceptors (Lipinski definition) is 2. The van der Waals surface area contributed by atoms with Gasteiger partial charge in [0, 0.05) is 22.2 Å². The molecule has 0 amide bonds. The lowest BCUT2D eigenvalue weighted by Crippen LogP contribution is -2.35. The fourth-order valence-corrected chi connectivity index (χ4v) is 3.98. The van der Waals surface area contributed by atoms with E-state index in [2.05, 4.69) is 62.1 Å². The number of rotatable bonds is 4. The summed E-state index contributed by atoms with van der Waals surface area (Å²) in [4.78, 5) is 1.45. The van der Waals surface area contributed by atoms with E-state index in [1.807, 2.05) is 0 Å². The molecule has 1 saturated carbocycles. The van der Waals surface area contributed by atoms with Crippen LogP contribution in [0.1, 0.15) is 64.9 Å². The Hall–Kier alpha value is -0.470. The summed E-state index contributed by atoms with van der Waals surface area (Å²) in [5, 5.41) is 4.41. The molecule has 112 valence electrons. The Morgan fingerprint density at radius 2 is 1.80 bits per heavy atom. The summed E-state index contributed by atoms with van der Waals surface area (Å²) < 4.78 is 0. The van der Waals surface area contributed by atoms with E-state index in [1.54, 1.807) is 0 Å². The van der Waals surface area contributed by atoms with Gasteiger partial charge in [-0.3, -0.25) is 0 Å². The second-order valence-corrected chi connectivity index (χ2v) is 8.36. The minimum atomic E-state index is 0.185. The highest BCUT2D eigenvalue weighted by molar-refractivity contribution is 8.00. The van der Waals surface area contributed by atoms with Crippen molar-refractivity contribution >= 4 is 11.8 Å². The summed E-state index contributed by atoms with van der Waals surface area (Å²) in [6, 6.07) is 9.08. The summed E-state index contributed by atoms with van der Waals surface area (Å²) in [5.41, 5.74) is 1.59. The maximum absolute atomic E-state index is 3.57. The molecule has 0 spiro atoms. The summed E-state index contributed by atoms with van der Waals surface area (Å²) >= 11 is 2.10. The smallest absolute Gasteiger partial charge is 0.0210 e. The Balaban J connectivity index is 1.91. The van der Waals surface area contributed by atoms with E-state index in [4.69, 9.17) is 0 Å². The van der Waals surface area contributed by atoms with Gasteiger partial charge >= 0.3 is 0 Å². The number of thioether (sulfide) groups is 1. The molecule has 1 aliphatic carbocycles. The molecule has 0 heterocycles. The molecule has 0 aromatic heterocycles. The molecule has 2 heteroatoms. The van der Waals surface area contributed by atoms with Crippen LogP contribution in [0.5, 0.6) is 0 Å². The first-order valence-corrected chi connectivity index (χ1v) is 8.91. The highest BCUT2D eigenvalue weighted by Gasteiger charge is 2.14. The molecule has 0 radical (unpaired) electrons. The van der Waals surface area contributed by atoms with Gasteiger partial charge < -0.3 is 5.32 Å². The molecular weight excluding hydrogens is 262 g/mol. The zero-order valence-electron chi connectivity index (χ0n) is 13.2. The monoisotopic (exact) mass is 291 g/mol. The lowest BCUT2D eigenvalue weighted by atomic mass is 10.1. The molecule has 0 aliphatic heterocycles. The van der Waals surface area contributed by atoms with Crippen molar-refractivity contribution in [1.82, 2.24) is 5.32 Å². The Morgan fingerprint density at radius 1 is 1.10 bits per heavy atom. The van der Waals surface area contributed by atoms with Crippen LogP contribution in [0.2, 0.25) is 0 Å². The largest absolute Gasteiger partial charge is 0.308 e. The topological polar surface area (TPSA) is 12.0 Å². The predicted octanol–water partition coefficient (Wildman–Crippen LogP) is 5.39. The summed E-state index contributed by atoms with van der Waals surface area (Å²) in [6.45, 7) is 7.62. The highest BCUT2D eigenvalue weighted by Crippen LogP contribution is 2.33. The molecule has 1 aromatic carbocycles. The van der Waals surface area contributed by atoms with Gasteiger partial charge in [-0.1, -0.05) is 37.8 Å². The van der Waals surface area contributed by atoms with Crippen molar-refractivity contribution in [2.45, 2.75) is 81.5 Å². The first kappa shape index (κ1) is 15.9. The van der Waals surface area contributed by atoms with E-state index in [0.29, 0.717) is 0 Å². The average molecular weight is 292 g/mol. The van der Waals surface area contributed by atoms with Crippen LogP contribution in [-0.2, 0) is 6.54 Å². The lowest BCUT2D eigenvalue weighted by Gasteiger charge is -2.21. The van der Waals surface area contributed by atoms with Gasteiger partial charge in [-0.15, -0.1) is 11.8 Å². The van der Waals surface area contributed by atoms with E-state index in [-0.39, 0.29) is 5.54 Å². The van der Waals surface area contributed by atoms with Gasteiger partial charge in [0.25, 0.3) is 0 Å². The van der Waals surface area contributed by atoms with Crippen molar-refractivity contribution < 1.29 is 0 Å². The SMILES string of the molecule is CC(C)(C)NCc1cccc(SC2CCCCCC2)c1. The molecule has 0 atom stereocenters. The van der Waals surface area contributed by atoms with Crippen LogP contribution in [0, 0.1) is 0 Å². The van der Waals surface area contributed by atoms with Crippen molar-refractivity contribution in [2.75, 3.05) is 0 Å². The molecule has 1 fully saturated rings. The maximum atomic E-state index is 3.57. The number of benzene rings is 1. The van der Waals surface area contributed by atoms with Gasteiger partial charge in [-0.25, -0.2) is 0 Å². The van der Waals surface area contributed by atoms with Gasteiger partial charge in [0.1, 0.15) is 0 Å². The van der Waals surface area contributed by atoms with Crippen molar-refractivity contribution in [3.05, 3.63) is 29.8 Å². The first-order valence-electron chi connectivity index (χ1n) is 8.03. The second-order valence-electron chi connectivity index (χ2n) is 6.98. The van der Waals surface area contributed by atoms with Crippen LogP contribution >= 0.6 is 11.8 Å². The Bertz CT molecular complexity index is 400. The molecule has 0 unspecified atom stereocenters. The summed E-state index contributed by atoms with van der Waals surface area (Å²) in [5.74, 6) is 0. The highest BCUT2D eigenvalue weighted by atomic mass is 32.2. The van der Waals surface area contributed by atoms with Crippen LogP contribution in [0.25, 0.3) is 0 Å². The second kappa shape index (κ2) is 7.51. The Kier molecular flexibility index (Phi) is 5.98. The first-order chi connectivity index (χ1) is 9.53. The van der Waals surface area contributed by atoms with Gasteiger partial charge in [0.05, 0.1) is 0 Å².